The first-order valence-corrected chi connectivity index (χ1v) is 6.91. The van der Waals surface area contributed by atoms with E-state index < -0.39 is 0 Å². The summed E-state index contributed by atoms with van der Waals surface area (Å²) in [6.07, 6.45) is 5.52. The van der Waals surface area contributed by atoms with Gasteiger partial charge in [-0.25, -0.2) is 0 Å². The van der Waals surface area contributed by atoms with Gasteiger partial charge in [-0.05, 0) is 75.2 Å². The average molecular weight is 231 g/mol. The lowest BCUT2D eigenvalue weighted by Gasteiger charge is -2.19. The lowest BCUT2D eigenvalue weighted by atomic mass is 9.89. The van der Waals surface area contributed by atoms with E-state index in [2.05, 4.69) is 44.4 Å². The highest BCUT2D eigenvalue weighted by molar-refractivity contribution is 5.30. The van der Waals surface area contributed by atoms with E-state index in [1.54, 1.807) is 0 Å². The van der Waals surface area contributed by atoms with Crippen molar-refractivity contribution in [3.63, 3.8) is 0 Å². The first-order valence-electron chi connectivity index (χ1n) is 6.91. The minimum absolute atomic E-state index is 0.890. The van der Waals surface area contributed by atoms with E-state index in [-0.39, 0.29) is 0 Å². The third-order valence-electron chi connectivity index (χ3n) is 4.35. The van der Waals surface area contributed by atoms with Crippen LogP contribution in [0.3, 0.4) is 0 Å². The molecular formula is C16H25N. The van der Waals surface area contributed by atoms with Crippen molar-refractivity contribution in [3.05, 3.63) is 34.9 Å². The normalized spacial score (nSPS) is 24.2. The van der Waals surface area contributed by atoms with Crippen LogP contribution in [0.5, 0.6) is 0 Å². The summed E-state index contributed by atoms with van der Waals surface area (Å²) in [4.78, 5) is 0. The average Bonchev–Trinajstić information content (AvgIpc) is 2.72. The Labute approximate surface area is 106 Å². The highest BCUT2D eigenvalue weighted by Crippen LogP contribution is 2.34. The van der Waals surface area contributed by atoms with E-state index in [9.17, 15) is 0 Å². The van der Waals surface area contributed by atoms with Gasteiger partial charge >= 0.3 is 0 Å². The Bertz CT molecular complexity index is 370. The van der Waals surface area contributed by atoms with Gasteiger partial charge in [0, 0.05) is 0 Å². The molecule has 2 atom stereocenters. The predicted molar refractivity (Wildman–Crippen MR) is 74.4 cm³/mol. The fourth-order valence-corrected chi connectivity index (χ4v) is 3.15. The lowest BCUT2D eigenvalue weighted by molar-refractivity contribution is 0.374. The highest BCUT2D eigenvalue weighted by Gasteiger charge is 2.26. The van der Waals surface area contributed by atoms with Crippen molar-refractivity contribution < 1.29 is 0 Å². The fourth-order valence-electron chi connectivity index (χ4n) is 3.15. The maximum atomic E-state index is 3.35. The summed E-state index contributed by atoms with van der Waals surface area (Å²) in [6.45, 7) is 5.60. The maximum Gasteiger partial charge on any atom is -0.00208 e. The van der Waals surface area contributed by atoms with Crippen molar-refractivity contribution in [2.45, 2.75) is 39.5 Å². The fraction of sp³-hybridized carbons (Fsp3) is 0.625. The standard InChI is InChI=1S/C16H25N/c1-12-7-8-14(9-13(12)2)10-15-5-4-6-16(15)11-17-3/h7-9,15-17H,4-6,10-11H2,1-3H3. The van der Waals surface area contributed by atoms with Crippen molar-refractivity contribution in [1.29, 1.82) is 0 Å². The molecule has 1 aliphatic rings. The number of hydrogen-bond donors (Lipinski definition) is 1. The minimum Gasteiger partial charge on any atom is -0.319 e. The van der Waals surface area contributed by atoms with E-state index in [0.717, 1.165) is 11.8 Å². The van der Waals surface area contributed by atoms with Crippen molar-refractivity contribution in [1.82, 2.24) is 5.32 Å². The number of benzene rings is 1. The number of hydrogen-bond acceptors (Lipinski definition) is 1. The van der Waals surface area contributed by atoms with E-state index in [4.69, 9.17) is 0 Å². The van der Waals surface area contributed by atoms with Gasteiger partial charge in [0.2, 0.25) is 0 Å². The van der Waals surface area contributed by atoms with Crippen LogP contribution in [0.15, 0.2) is 18.2 Å². The van der Waals surface area contributed by atoms with Gasteiger partial charge in [-0.2, -0.15) is 0 Å². The van der Waals surface area contributed by atoms with Gasteiger partial charge in [0.15, 0.2) is 0 Å². The molecule has 17 heavy (non-hydrogen) atoms. The van der Waals surface area contributed by atoms with Crippen LogP contribution in [0.25, 0.3) is 0 Å². The zero-order chi connectivity index (χ0) is 12.3. The van der Waals surface area contributed by atoms with Gasteiger partial charge in [0.25, 0.3) is 0 Å². The molecule has 0 radical (unpaired) electrons. The molecule has 1 heteroatoms. The van der Waals surface area contributed by atoms with Gasteiger partial charge in [-0.1, -0.05) is 24.6 Å². The van der Waals surface area contributed by atoms with E-state index in [1.807, 2.05) is 0 Å². The highest BCUT2D eigenvalue weighted by atomic mass is 14.8. The molecule has 0 spiro atoms. The smallest absolute Gasteiger partial charge is 0.00208 e. The molecule has 2 unspecified atom stereocenters. The second kappa shape index (κ2) is 5.68. The Morgan fingerprint density at radius 1 is 1.12 bits per heavy atom. The molecule has 1 nitrogen and oxygen atoms in total. The van der Waals surface area contributed by atoms with Gasteiger partial charge in [0.05, 0.1) is 0 Å². The zero-order valence-corrected chi connectivity index (χ0v) is 11.4. The van der Waals surface area contributed by atoms with Crippen molar-refractivity contribution in [2.75, 3.05) is 13.6 Å². The summed E-state index contributed by atoms with van der Waals surface area (Å²) < 4.78 is 0. The molecule has 1 saturated carbocycles. The topological polar surface area (TPSA) is 12.0 Å². The Balaban J connectivity index is 2.02. The van der Waals surface area contributed by atoms with Crippen LogP contribution in [0.2, 0.25) is 0 Å². The number of rotatable bonds is 4. The molecule has 0 aliphatic heterocycles. The van der Waals surface area contributed by atoms with E-state index in [1.165, 1.54) is 48.9 Å². The van der Waals surface area contributed by atoms with Gasteiger partial charge in [0.1, 0.15) is 0 Å². The van der Waals surface area contributed by atoms with Crippen LogP contribution in [-0.2, 0) is 6.42 Å². The molecule has 0 heterocycles. The van der Waals surface area contributed by atoms with Crippen LogP contribution in [0.1, 0.15) is 36.0 Å². The quantitative estimate of drug-likeness (QED) is 0.836. The molecular weight excluding hydrogens is 206 g/mol. The monoisotopic (exact) mass is 231 g/mol. The first kappa shape index (κ1) is 12.6. The summed E-state index contributed by atoms with van der Waals surface area (Å²) in [5.74, 6) is 1.78. The van der Waals surface area contributed by atoms with Crippen molar-refractivity contribution in [3.8, 4) is 0 Å². The molecule has 0 aromatic heterocycles. The van der Waals surface area contributed by atoms with Gasteiger partial charge in [-0.3, -0.25) is 0 Å². The Morgan fingerprint density at radius 3 is 2.59 bits per heavy atom. The molecule has 1 aromatic carbocycles. The maximum absolute atomic E-state index is 3.35. The second-order valence-electron chi connectivity index (χ2n) is 5.63. The molecule has 0 bridgehead atoms. The van der Waals surface area contributed by atoms with Crippen LogP contribution in [-0.4, -0.2) is 13.6 Å². The predicted octanol–water partition coefficient (Wildman–Crippen LogP) is 3.48. The minimum atomic E-state index is 0.890. The first-order chi connectivity index (χ1) is 8.20. The largest absolute Gasteiger partial charge is 0.319 e. The molecule has 1 N–H and O–H groups in total. The summed E-state index contributed by atoms with van der Waals surface area (Å²) in [7, 11) is 2.07. The number of aryl methyl sites for hydroxylation is 2. The summed E-state index contributed by atoms with van der Waals surface area (Å²) in [5, 5.41) is 3.35. The summed E-state index contributed by atoms with van der Waals surface area (Å²) in [6, 6.07) is 6.97. The molecule has 1 aromatic rings. The zero-order valence-electron chi connectivity index (χ0n) is 11.4. The number of nitrogens with one attached hydrogen (secondary N) is 1. The third kappa shape index (κ3) is 3.10. The van der Waals surface area contributed by atoms with Crippen molar-refractivity contribution >= 4 is 0 Å². The Morgan fingerprint density at radius 2 is 1.88 bits per heavy atom. The van der Waals surface area contributed by atoms with Crippen LogP contribution >= 0.6 is 0 Å². The Hall–Kier alpha value is -0.820. The Kier molecular flexibility index (Phi) is 4.22. The van der Waals surface area contributed by atoms with Gasteiger partial charge in [-0.15, -0.1) is 0 Å². The van der Waals surface area contributed by atoms with E-state index in [0.29, 0.717) is 0 Å². The summed E-state index contributed by atoms with van der Waals surface area (Å²) in [5.41, 5.74) is 4.37. The molecule has 1 aliphatic carbocycles. The van der Waals surface area contributed by atoms with E-state index >= 15 is 0 Å². The molecule has 0 saturated heterocycles. The third-order valence-corrected chi connectivity index (χ3v) is 4.35. The van der Waals surface area contributed by atoms with Crippen LogP contribution < -0.4 is 5.32 Å². The SMILES string of the molecule is CNCC1CCCC1Cc1ccc(C)c(C)c1. The summed E-state index contributed by atoms with van der Waals surface area (Å²) >= 11 is 0. The molecule has 94 valence electrons. The van der Waals surface area contributed by atoms with Gasteiger partial charge < -0.3 is 5.32 Å². The molecule has 0 amide bonds. The molecule has 2 rings (SSSR count). The van der Waals surface area contributed by atoms with Crippen molar-refractivity contribution in [2.24, 2.45) is 11.8 Å². The van der Waals surface area contributed by atoms with Crippen LogP contribution in [0, 0.1) is 25.7 Å². The van der Waals surface area contributed by atoms with Crippen LogP contribution in [0.4, 0.5) is 0 Å². The molecule has 1 fully saturated rings. The lowest BCUT2D eigenvalue weighted by Crippen LogP contribution is -2.23. The second-order valence-corrected chi connectivity index (χ2v) is 5.63.